The Morgan fingerprint density at radius 1 is 0.950 bits per heavy atom. The van der Waals surface area contributed by atoms with Crippen molar-refractivity contribution in [3.8, 4) is 0 Å². The van der Waals surface area contributed by atoms with E-state index in [-0.39, 0.29) is 0 Å². The van der Waals surface area contributed by atoms with E-state index < -0.39 is 0 Å². The van der Waals surface area contributed by atoms with Gasteiger partial charge in [-0.1, -0.05) is 35.9 Å². The lowest BCUT2D eigenvalue weighted by Crippen LogP contribution is -2.14. The van der Waals surface area contributed by atoms with Gasteiger partial charge in [-0.15, -0.1) is 0 Å². The Hall–Kier alpha value is -2.06. The van der Waals surface area contributed by atoms with E-state index >= 15 is 0 Å². The van der Waals surface area contributed by atoms with Crippen molar-refractivity contribution in [2.75, 3.05) is 4.90 Å². The highest BCUT2D eigenvalue weighted by atomic mass is 35.5. The fraction of sp³-hybridized carbons (Fsp3) is 0.118. The molecule has 1 aliphatic heterocycles. The third-order valence-corrected chi connectivity index (χ3v) is 4.09. The van der Waals surface area contributed by atoms with Crippen LogP contribution in [-0.2, 0) is 13.1 Å². The summed E-state index contributed by atoms with van der Waals surface area (Å²) < 4.78 is 0. The Morgan fingerprint density at radius 2 is 1.80 bits per heavy atom. The number of rotatable bonds is 1. The highest BCUT2D eigenvalue weighted by Gasteiger charge is 2.20. The minimum Gasteiger partial charge on any atom is -0.362 e. The first-order valence-electron chi connectivity index (χ1n) is 6.67. The van der Waals surface area contributed by atoms with Crippen LogP contribution in [0.4, 0.5) is 5.69 Å². The number of nitrogens with zero attached hydrogens (tertiary/aromatic N) is 2. The molecule has 1 aliphatic rings. The highest BCUT2D eigenvalue weighted by Crippen LogP contribution is 2.33. The van der Waals surface area contributed by atoms with Crippen LogP contribution >= 0.6 is 11.6 Å². The van der Waals surface area contributed by atoms with Gasteiger partial charge in [0, 0.05) is 35.4 Å². The van der Waals surface area contributed by atoms with Crippen LogP contribution in [0.25, 0.3) is 10.9 Å². The van der Waals surface area contributed by atoms with Gasteiger partial charge >= 0.3 is 0 Å². The Labute approximate surface area is 122 Å². The van der Waals surface area contributed by atoms with Gasteiger partial charge in [0.25, 0.3) is 0 Å². The van der Waals surface area contributed by atoms with E-state index in [1.165, 1.54) is 22.2 Å². The number of pyridine rings is 1. The molecule has 0 saturated heterocycles. The summed E-state index contributed by atoms with van der Waals surface area (Å²) in [6, 6.07) is 16.5. The number of aromatic nitrogens is 1. The zero-order valence-electron chi connectivity index (χ0n) is 10.9. The average Bonchev–Trinajstić information content (AvgIpc) is 2.89. The second kappa shape index (κ2) is 4.50. The average molecular weight is 281 g/mol. The number of para-hydroxylation sites is 1. The minimum absolute atomic E-state index is 0.810. The van der Waals surface area contributed by atoms with Crippen molar-refractivity contribution in [3.05, 3.63) is 70.9 Å². The lowest BCUT2D eigenvalue weighted by Gasteiger charge is -2.19. The summed E-state index contributed by atoms with van der Waals surface area (Å²) in [6.45, 7) is 1.84. The molecule has 98 valence electrons. The second-order valence-corrected chi connectivity index (χ2v) is 5.55. The van der Waals surface area contributed by atoms with Gasteiger partial charge in [0.05, 0.1) is 5.52 Å². The SMILES string of the molecule is Clc1ccc2c(c1)CN(c1ccnc3ccccc13)C2. The zero-order chi connectivity index (χ0) is 13.5. The van der Waals surface area contributed by atoms with E-state index in [2.05, 4.69) is 46.3 Å². The van der Waals surface area contributed by atoms with Gasteiger partial charge in [0.2, 0.25) is 0 Å². The fourth-order valence-electron chi connectivity index (χ4n) is 2.89. The Morgan fingerprint density at radius 3 is 2.75 bits per heavy atom. The maximum Gasteiger partial charge on any atom is 0.0722 e. The van der Waals surface area contributed by atoms with E-state index in [1.54, 1.807) is 0 Å². The van der Waals surface area contributed by atoms with Crippen LogP contribution in [0.15, 0.2) is 54.7 Å². The minimum atomic E-state index is 0.810. The lowest BCUT2D eigenvalue weighted by atomic mass is 10.1. The van der Waals surface area contributed by atoms with Crippen LogP contribution in [0.1, 0.15) is 11.1 Å². The predicted molar refractivity (Wildman–Crippen MR) is 83.1 cm³/mol. The Balaban J connectivity index is 1.79. The standard InChI is InChI=1S/C17H13ClN2/c18-14-6-5-12-10-20(11-13(12)9-14)17-7-8-19-16-4-2-1-3-15(16)17/h1-9H,10-11H2. The van der Waals surface area contributed by atoms with E-state index in [0.29, 0.717) is 0 Å². The maximum atomic E-state index is 6.08. The fourth-order valence-corrected chi connectivity index (χ4v) is 3.08. The van der Waals surface area contributed by atoms with Gasteiger partial charge in [-0.3, -0.25) is 4.98 Å². The second-order valence-electron chi connectivity index (χ2n) is 5.12. The van der Waals surface area contributed by atoms with E-state index in [9.17, 15) is 0 Å². The molecule has 1 aromatic heterocycles. The quantitative estimate of drug-likeness (QED) is 0.656. The zero-order valence-corrected chi connectivity index (χ0v) is 11.6. The predicted octanol–water partition coefficient (Wildman–Crippen LogP) is 4.41. The summed E-state index contributed by atoms with van der Waals surface area (Å²) in [7, 11) is 0. The first-order valence-corrected chi connectivity index (χ1v) is 7.05. The first-order chi connectivity index (χ1) is 9.81. The molecule has 2 heterocycles. The molecule has 0 unspecified atom stereocenters. The smallest absolute Gasteiger partial charge is 0.0722 e. The van der Waals surface area contributed by atoms with Gasteiger partial charge in [-0.25, -0.2) is 0 Å². The number of anilines is 1. The number of hydrogen-bond acceptors (Lipinski definition) is 2. The van der Waals surface area contributed by atoms with Gasteiger partial charge < -0.3 is 4.90 Å². The molecule has 0 amide bonds. The van der Waals surface area contributed by atoms with Crippen molar-refractivity contribution in [3.63, 3.8) is 0 Å². The number of benzene rings is 2. The molecule has 4 rings (SSSR count). The van der Waals surface area contributed by atoms with Crippen molar-refractivity contribution in [1.29, 1.82) is 0 Å². The molecule has 0 saturated carbocycles. The highest BCUT2D eigenvalue weighted by molar-refractivity contribution is 6.30. The molecule has 0 aliphatic carbocycles. The Kier molecular flexibility index (Phi) is 2.64. The molecule has 2 nitrogen and oxygen atoms in total. The lowest BCUT2D eigenvalue weighted by molar-refractivity contribution is 0.884. The summed E-state index contributed by atoms with van der Waals surface area (Å²) in [6.07, 6.45) is 1.88. The molecular weight excluding hydrogens is 268 g/mol. The molecule has 2 aromatic carbocycles. The van der Waals surface area contributed by atoms with Crippen LogP contribution in [-0.4, -0.2) is 4.98 Å². The molecular formula is C17H13ClN2. The molecule has 0 spiro atoms. The summed E-state index contributed by atoms with van der Waals surface area (Å²) >= 11 is 6.08. The molecule has 3 aromatic rings. The number of fused-ring (bicyclic) bond motifs is 2. The van der Waals surface area contributed by atoms with Gasteiger partial charge in [-0.05, 0) is 35.4 Å². The summed E-state index contributed by atoms with van der Waals surface area (Å²) in [5, 5.41) is 2.01. The third kappa shape index (κ3) is 1.84. The van der Waals surface area contributed by atoms with Crippen molar-refractivity contribution in [2.45, 2.75) is 13.1 Å². The largest absolute Gasteiger partial charge is 0.362 e. The normalized spacial score (nSPS) is 13.8. The topological polar surface area (TPSA) is 16.1 Å². The molecule has 0 fully saturated rings. The summed E-state index contributed by atoms with van der Waals surface area (Å²) in [4.78, 5) is 6.81. The number of halogens is 1. The van der Waals surface area contributed by atoms with Crippen molar-refractivity contribution >= 4 is 28.2 Å². The summed E-state index contributed by atoms with van der Waals surface area (Å²) in [5.41, 5.74) is 4.95. The van der Waals surface area contributed by atoms with Crippen molar-refractivity contribution in [2.24, 2.45) is 0 Å². The Bertz CT molecular complexity index is 793. The van der Waals surface area contributed by atoms with Crippen LogP contribution in [0.2, 0.25) is 5.02 Å². The molecule has 0 radical (unpaired) electrons. The van der Waals surface area contributed by atoms with E-state index in [1.807, 2.05) is 18.3 Å². The first kappa shape index (κ1) is 11.7. The van der Waals surface area contributed by atoms with Crippen molar-refractivity contribution < 1.29 is 0 Å². The monoisotopic (exact) mass is 280 g/mol. The maximum absolute atomic E-state index is 6.08. The van der Waals surface area contributed by atoms with Gasteiger partial charge in [-0.2, -0.15) is 0 Å². The van der Waals surface area contributed by atoms with Crippen LogP contribution in [0, 0.1) is 0 Å². The molecule has 0 atom stereocenters. The third-order valence-electron chi connectivity index (χ3n) is 3.86. The molecule has 20 heavy (non-hydrogen) atoms. The molecule has 0 bridgehead atoms. The van der Waals surface area contributed by atoms with E-state index in [0.717, 1.165) is 23.6 Å². The van der Waals surface area contributed by atoms with Gasteiger partial charge in [0.1, 0.15) is 0 Å². The van der Waals surface area contributed by atoms with E-state index in [4.69, 9.17) is 11.6 Å². The van der Waals surface area contributed by atoms with Crippen LogP contribution < -0.4 is 4.90 Å². The molecule has 0 N–H and O–H groups in total. The van der Waals surface area contributed by atoms with Crippen LogP contribution in [0.5, 0.6) is 0 Å². The van der Waals surface area contributed by atoms with Crippen molar-refractivity contribution in [1.82, 2.24) is 4.98 Å². The summed E-state index contributed by atoms with van der Waals surface area (Å²) in [5.74, 6) is 0. The van der Waals surface area contributed by atoms with Crippen LogP contribution in [0.3, 0.4) is 0 Å². The number of hydrogen-bond donors (Lipinski definition) is 0. The van der Waals surface area contributed by atoms with Gasteiger partial charge in [0.15, 0.2) is 0 Å². The molecule has 3 heteroatoms.